The Labute approximate surface area is 114 Å². The number of ketones is 1. The fourth-order valence-corrected chi connectivity index (χ4v) is 2.67. The van der Waals surface area contributed by atoms with Gasteiger partial charge in [0.2, 0.25) is 0 Å². The quantitative estimate of drug-likeness (QED) is 0.829. The molecule has 1 aromatic rings. The molecule has 1 fully saturated rings. The van der Waals surface area contributed by atoms with Crippen molar-refractivity contribution in [2.45, 2.75) is 51.0 Å². The van der Waals surface area contributed by atoms with Crippen molar-refractivity contribution in [1.29, 1.82) is 0 Å². The van der Waals surface area contributed by atoms with Gasteiger partial charge in [0.25, 0.3) is 0 Å². The summed E-state index contributed by atoms with van der Waals surface area (Å²) < 4.78 is 5.37. The standard InChI is InChI=1S/C15H22N2O2/c1-2-19-13-8-12(10-17-11-13)14(18)9-15(16)6-4-3-5-7-15/h8,10-11H,2-7,9,16H2,1H3. The maximum absolute atomic E-state index is 12.3. The van der Waals surface area contributed by atoms with Crippen molar-refractivity contribution >= 4 is 5.78 Å². The monoisotopic (exact) mass is 262 g/mol. The van der Waals surface area contributed by atoms with Crippen LogP contribution >= 0.6 is 0 Å². The van der Waals surface area contributed by atoms with E-state index in [1.807, 2.05) is 6.92 Å². The fraction of sp³-hybridized carbons (Fsp3) is 0.600. The van der Waals surface area contributed by atoms with Crippen molar-refractivity contribution in [2.24, 2.45) is 5.73 Å². The van der Waals surface area contributed by atoms with Crippen LogP contribution in [0.1, 0.15) is 55.8 Å². The Morgan fingerprint density at radius 1 is 1.37 bits per heavy atom. The number of carbonyl (C=O) groups is 1. The summed E-state index contributed by atoms with van der Waals surface area (Å²) in [4.78, 5) is 16.4. The maximum atomic E-state index is 12.3. The summed E-state index contributed by atoms with van der Waals surface area (Å²) in [6, 6.07) is 1.75. The van der Waals surface area contributed by atoms with Crippen molar-refractivity contribution in [3.05, 3.63) is 24.0 Å². The number of hydrogen-bond donors (Lipinski definition) is 1. The second-order valence-electron chi connectivity index (χ2n) is 5.37. The first-order chi connectivity index (χ1) is 9.13. The predicted molar refractivity (Wildman–Crippen MR) is 74.4 cm³/mol. The van der Waals surface area contributed by atoms with Crippen molar-refractivity contribution in [1.82, 2.24) is 4.98 Å². The van der Waals surface area contributed by atoms with Gasteiger partial charge in [-0.2, -0.15) is 0 Å². The Morgan fingerprint density at radius 2 is 2.11 bits per heavy atom. The van der Waals surface area contributed by atoms with Crippen molar-refractivity contribution in [3.8, 4) is 5.75 Å². The number of pyridine rings is 1. The van der Waals surface area contributed by atoms with E-state index in [4.69, 9.17) is 10.5 Å². The summed E-state index contributed by atoms with van der Waals surface area (Å²) in [5, 5.41) is 0. The summed E-state index contributed by atoms with van der Waals surface area (Å²) in [5.41, 5.74) is 6.60. The predicted octanol–water partition coefficient (Wildman–Crippen LogP) is 2.71. The van der Waals surface area contributed by atoms with Crippen LogP contribution in [-0.4, -0.2) is 22.9 Å². The molecule has 0 radical (unpaired) electrons. The van der Waals surface area contributed by atoms with E-state index in [1.54, 1.807) is 18.5 Å². The van der Waals surface area contributed by atoms with Crippen LogP contribution < -0.4 is 10.5 Å². The third-order valence-corrected chi connectivity index (χ3v) is 3.71. The molecule has 1 aliphatic carbocycles. The van der Waals surface area contributed by atoms with Crippen LogP contribution in [0.3, 0.4) is 0 Å². The Hall–Kier alpha value is -1.42. The molecule has 0 spiro atoms. The lowest BCUT2D eigenvalue weighted by molar-refractivity contribution is 0.0934. The van der Waals surface area contributed by atoms with E-state index in [0.29, 0.717) is 24.3 Å². The lowest BCUT2D eigenvalue weighted by atomic mass is 9.78. The van der Waals surface area contributed by atoms with Gasteiger partial charge in [0, 0.05) is 23.7 Å². The molecule has 0 bridgehead atoms. The first kappa shape index (κ1) is 14.0. The van der Waals surface area contributed by atoms with Gasteiger partial charge in [0.1, 0.15) is 5.75 Å². The van der Waals surface area contributed by atoms with E-state index in [9.17, 15) is 4.79 Å². The molecule has 104 valence electrons. The molecule has 0 aliphatic heterocycles. The van der Waals surface area contributed by atoms with E-state index >= 15 is 0 Å². The van der Waals surface area contributed by atoms with Gasteiger partial charge >= 0.3 is 0 Å². The highest BCUT2D eigenvalue weighted by Gasteiger charge is 2.30. The molecule has 1 aromatic heterocycles. The number of hydrogen-bond acceptors (Lipinski definition) is 4. The van der Waals surface area contributed by atoms with Crippen molar-refractivity contribution in [3.63, 3.8) is 0 Å². The van der Waals surface area contributed by atoms with Crippen LogP contribution in [0.5, 0.6) is 5.75 Å². The largest absolute Gasteiger partial charge is 0.492 e. The van der Waals surface area contributed by atoms with E-state index in [0.717, 1.165) is 25.7 Å². The molecule has 1 aliphatic rings. The molecule has 0 unspecified atom stereocenters. The highest BCUT2D eigenvalue weighted by atomic mass is 16.5. The zero-order valence-electron chi connectivity index (χ0n) is 11.5. The molecule has 4 heteroatoms. The van der Waals surface area contributed by atoms with Gasteiger partial charge in [-0.1, -0.05) is 19.3 Å². The van der Waals surface area contributed by atoms with Crippen LogP contribution in [0, 0.1) is 0 Å². The average molecular weight is 262 g/mol. The summed E-state index contributed by atoms with van der Waals surface area (Å²) in [5.74, 6) is 0.710. The van der Waals surface area contributed by atoms with Crippen molar-refractivity contribution < 1.29 is 9.53 Å². The number of aromatic nitrogens is 1. The lowest BCUT2D eigenvalue weighted by Gasteiger charge is -2.32. The van der Waals surface area contributed by atoms with Gasteiger partial charge in [-0.3, -0.25) is 9.78 Å². The maximum Gasteiger partial charge on any atom is 0.166 e. The molecule has 1 saturated carbocycles. The van der Waals surface area contributed by atoms with Crippen LogP contribution in [-0.2, 0) is 0 Å². The topological polar surface area (TPSA) is 65.2 Å². The molecule has 4 nitrogen and oxygen atoms in total. The number of rotatable bonds is 5. The molecular weight excluding hydrogens is 240 g/mol. The van der Waals surface area contributed by atoms with Crippen LogP contribution in [0.15, 0.2) is 18.5 Å². The minimum Gasteiger partial charge on any atom is -0.492 e. The van der Waals surface area contributed by atoms with Crippen molar-refractivity contribution in [2.75, 3.05) is 6.61 Å². The smallest absolute Gasteiger partial charge is 0.166 e. The molecule has 2 N–H and O–H groups in total. The number of Topliss-reactive ketones (excluding diaryl/α,β-unsaturated/α-hetero) is 1. The van der Waals surface area contributed by atoms with Gasteiger partial charge in [0.15, 0.2) is 5.78 Å². The summed E-state index contributed by atoms with van der Waals surface area (Å²) in [6.07, 6.45) is 8.99. The average Bonchev–Trinajstić information content (AvgIpc) is 2.40. The first-order valence-electron chi connectivity index (χ1n) is 7.03. The zero-order valence-corrected chi connectivity index (χ0v) is 11.5. The number of carbonyl (C=O) groups excluding carboxylic acids is 1. The fourth-order valence-electron chi connectivity index (χ4n) is 2.67. The van der Waals surface area contributed by atoms with Crippen LogP contribution in [0.2, 0.25) is 0 Å². The number of nitrogens with zero attached hydrogens (tertiary/aromatic N) is 1. The lowest BCUT2D eigenvalue weighted by Crippen LogP contribution is -2.43. The van der Waals surface area contributed by atoms with E-state index < -0.39 is 0 Å². The van der Waals surface area contributed by atoms with E-state index in [-0.39, 0.29) is 11.3 Å². The van der Waals surface area contributed by atoms with E-state index in [1.165, 1.54) is 6.42 Å². The molecule has 0 saturated heterocycles. The van der Waals surface area contributed by atoms with Gasteiger partial charge in [-0.05, 0) is 25.8 Å². The molecular formula is C15H22N2O2. The molecule has 0 atom stereocenters. The third kappa shape index (κ3) is 3.77. The van der Waals surface area contributed by atoms with Crippen LogP contribution in [0.4, 0.5) is 0 Å². The third-order valence-electron chi connectivity index (χ3n) is 3.71. The summed E-state index contributed by atoms with van der Waals surface area (Å²) in [7, 11) is 0. The Morgan fingerprint density at radius 3 is 2.79 bits per heavy atom. The van der Waals surface area contributed by atoms with Crippen LogP contribution in [0.25, 0.3) is 0 Å². The second-order valence-corrected chi connectivity index (χ2v) is 5.37. The minimum absolute atomic E-state index is 0.0680. The summed E-state index contributed by atoms with van der Waals surface area (Å²) in [6.45, 7) is 2.48. The van der Waals surface area contributed by atoms with E-state index in [2.05, 4.69) is 4.98 Å². The van der Waals surface area contributed by atoms with Gasteiger partial charge in [-0.25, -0.2) is 0 Å². The van der Waals surface area contributed by atoms with Gasteiger partial charge < -0.3 is 10.5 Å². The highest BCUT2D eigenvalue weighted by molar-refractivity contribution is 5.96. The Balaban J connectivity index is 2.04. The molecule has 1 heterocycles. The van der Waals surface area contributed by atoms with Gasteiger partial charge in [-0.15, -0.1) is 0 Å². The molecule has 19 heavy (non-hydrogen) atoms. The second kappa shape index (κ2) is 6.15. The number of ether oxygens (including phenoxy) is 1. The highest BCUT2D eigenvalue weighted by Crippen LogP contribution is 2.30. The SMILES string of the molecule is CCOc1cncc(C(=O)CC2(N)CCCCC2)c1. The van der Waals surface area contributed by atoms with Gasteiger partial charge in [0.05, 0.1) is 12.8 Å². The molecule has 0 aromatic carbocycles. The minimum atomic E-state index is -0.322. The first-order valence-corrected chi connectivity index (χ1v) is 7.03. The zero-order chi connectivity index (χ0) is 13.7. The Bertz CT molecular complexity index is 440. The molecule has 2 rings (SSSR count). The molecule has 0 amide bonds. The normalized spacial score (nSPS) is 18.0. The summed E-state index contributed by atoms with van der Waals surface area (Å²) >= 11 is 0. The Kier molecular flexibility index (Phi) is 4.53. The number of nitrogens with two attached hydrogens (primary N) is 1.